The first kappa shape index (κ1) is 32.3. The summed E-state index contributed by atoms with van der Waals surface area (Å²) in [6, 6.07) is 2.21. The number of carbonyl (C=O) groups is 2. The Morgan fingerprint density at radius 1 is 1.12 bits per heavy atom. The fraction of sp³-hybridized carbons (Fsp3) is 0.500. The summed E-state index contributed by atoms with van der Waals surface area (Å²) in [6.07, 6.45) is 20.3. The topological polar surface area (TPSA) is 86.7 Å². The summed E-state index contributed by atoms with van der Waals surface area (Å²) in [5, 5.41) is 6.03. The van der Waals surface area contributed by atoms with Gasteiger partial charge in [-0.1, -0.05) is 44.1 Å². The van der Waals surface area contributed by atoms with Gasteiger partial charge in [-0.05, 0) is 108 Å². The molecule has 1 aliphatic carbocycles. The molecule has 2 fully saturated rings. The molecule has 43 heavy (non-hydrogen) atoms. The molecule has 1 aromatic heterocycles. The van der Waals surface area contributed by atoms with Crippen molar-refractivity contribution in [2.75, 3.05) is 23.7 Å². The molecular formula is C36H49N5O2. The van der Waals surface area contributed by atoms with Crippen LogP contribution in [0.15, 0.2) is 75.6 Å². The van der Waals surface area contributed by atoms with Gasteiger partial charge in [0.1, 0.15) is 0 Å². The molecule has 7 nitrogen and oxygen atoms in total. The van der Waals surface area contributed by atoms with Crippen molar-refractivity contribution in [2.45, 2.75) is 99.0 Å². The summed E-state index contributed by atoms with van der Waals surface area (Å²) in [5.41, 5.74) is 8.43. The fourth-order valence-electron chi connectivity index (χ4n) is 5.52. The molecule has 3 heterocycles. The van der Waals surface area contributed by atoms with Gasteiger partial charge < -0.3 is 10.6 Å². The van der Waals surface area contributed by atoms with Crippen molar-refractivity contribution >= 4 is 28.9 Å². The number of rotatable bonds is 13. The number of hydrogen-bond acceptors (Lipinski definition) is 5. The molecule has 4 rings (SSSR count). The van der Waals surface area contributed by atoms with Crippen molar-refractivity contribution in [1.82, 2.24) is 9.88 Å². The van der Waals surface area contributed by atoms with E-state index in [1.807, 2.05) is 25.3 Å². The first-order chi connectivity index (χ1) is 20.7. The minimum Gasteiger partial charge on any atom is -0.324 e. The highest BCUT2D eigenvalue weighted by molar-refractivity contribution is 6.07. The fourth-order valence-corrected chi connectivity index (χ4v) is 5.52. The molecule has 7 heteroatoms. The third kappa shape index (κ3) is 9.20. The van der Waals surface area contributed by atoms with E-state index in [4.69, 9.17) is 4.99 Å². The lowest BCUT2D eigenvalue weighted by molar-refractivity contribution is -0.117. The minimum absolute atomic E-state index is 0.0708. The van der Waals surface area contributed by atoms with E-state index in [1.165, 1.54) is 29.7 Å². The largest absolute Gasteiger partial charge is 0.324 e. The van der Waals surface area contributed by atoms with Gasteiger partial charge in [-0.15, -0.1) is 0 Å². The number of likely N-dealkylation sites (tertiary alicyclic amines) is 1. The molecule has 1 atom stereocenters. The van der Waals surface area contributed by atoms with Crippen LogP contribution in [0.4, 0.5) is 11.4 Å². The van der Waals surface area contributed by atoms with E-state index in [1.54, 1.807) is 12.3 Å². The highest BCUT2D eigenvalue weighted by Crippen LogP contribution is 2.37. The second kappa shape index (κ2) is 15.2. The molecule has 0 radical (unpaired) electrons. The third-order valence-electron chi connectivity index (χ3n) is 8.49. The van der Waals surface area contributed by atoms with Gasteiger partial charge in [-0.2, -0.15) is 0 Å². The van der Waals surface area contributed by atoms with Gasteiger partial charge in [0.25, 0.3) is 5.91 Å². The molecule has 0 spiro atoms. The molecule has 2 aliphatic heterocycles. The number of nitrogens with zero attached hydrogens (tertiary/aromatic N) is 3. The van der Waals surface area contributed by atoms with E-state index in [0.29, 0.717) is 41.1 Å². The van der Waals surface area contributed by atoms with Crippen molar-refractivity contribution < 1.29 is 9.59 Å². The number of aryl methyl sites for hydroxylation is 1. The van der Waals surface area contributed by atoms with Crippen LogP contribution >= 0.6 is 0 Å². The molecule has 230 valence electrons. The molecule has 1 saturated heterocycles. The summed E-state index contributed by atoms with van der Waals surface area (Å²) in [6.45, 7) is 13.8. The summed E-state index contributed by atoms with van der Waals surface area (Å²) >= 11 is 0. The van der Waals surface area contributed by atoms with E-state index >= 15 is 0 Å². The zero-order chi connectivity index (χ0) is 30.9. The number of pyridine rings is 1. The molecule has 0 bridgehead atoms. The normalized spacial score (nSPS) is 19.4. The Hall–Kier alpha value is -3.58. The zero-order valence-electron chi connectivity index (χ0n) is 26.9. The average molecular weight is 584 g/mol. The maximum atomic E-state index is 13.7. The maximum Gasteiger partial charge on any atom is 0.255 e. The van der Waals surface area contributed by atoms with Gasteiger partial charge in [0, 0.05) is 29.9 Å². The Kier molecular flexibility index (Phi) is 11.5. The minimum atomic E-state index is -0.212. The van der Waals surface area contributed by atoms with Crippen LogP contribution in [0.2, 0.25) is 0 Å². The first-order valence-corrected chi connectivity index (χ1v) is 16.0. The number of aromatic nitrogens is 1. The highest BCUT2D eigenvalue weighted by atomic mass is 16.2. The average Bonchev–Trinajstić information content (AvgIpc) is 3.58. The van der Waals surface area contributed by atoms with E-state index in [0.717, 1.165) is 56.2 Å². The van der Waals surface area contributed by atoms with Crippen molar-refractivity contribution in [3.63, 3.8) is 0 Å². The number of allylic oxidation sites excluding steroid dienone is 7. The van der Waals surface area contributed by atoms with Gasteiger partial charge in [0.15, 0.2) is 0 Å². The van der Waals surface area contributed by atoms with E-state index < -0.39 is 0 Å². The first-order valence-electron chi connectivity index (χ1n) is 16.0. The molecule has 2 N–H and O–H groups in total. The number of unbranched alkanes of at least 4 members (excludes halogenated alkanes) is 1. The SMILES string of the molecule is CCC/C=C/C(=C\C(/C=C(\CC)C1=CN=C(C2CC2)C1)=C(C)C)C(=O)Nc1cc(NC(=O)CN2CCCC2C)cnc1C. The van der Waals surface area contributed by atoms with E-state index in [2.05, 4.69) is 67.3 Å². The highest BCUT2D eigenvalue weighted by Gasteiger charge is 2.30. The lowest BCUT2D eigenvalue weighted by Crippen LogP contribution is -2.35. The van der Waals surface area contributed by atoms with Gasteiger partial charge in [0.05, 0.1) is 29.8 Å². The van der Waals surface area contributed by atoms with Crippen LogP contribution < -0.4 is 10.6 Å². The van der Waals surface area contributed by atoms with E-state index in [9.17, 15) is 9.59 Å². The summed E-state index contributed by atoms with van der Waals surface area (Å²) in [4.78, 5) is 37.8. The molecule has 1 unspecified atom stereocenters. The maximum absolute atomic E-state index is 13.7. The zero-order valence-corrected chi connectivity index (χ0v) is 26.9. The molecule has 1 aromatic rings. The van der Waals surface area contributed by atoms with Crippen molar-refractivity contribution in [2.24, 2.45) is 10.9 Å². The number of carbonyl (C=O) groups excluding carboxylic acids is 2. The smallest absolute Gasteiger partial charge is 0.255 e. The van der Waals surface area contributed by atoms with Crippen LogP contribution in [0.1, 0.15) is 91.7 Å². The lowest BCUT2D eigenvalue weighted by atomic mass is 9.95. The van der Waals surface area contributed by atoms with Crippen LogP contribution in [0.3, 0.4) is 0 Å². The molecule has 3 aliphatic rings. The predicted molar refractivity (Wildman–Crippen MR) is 178 cm³/mol. The number of anilines is 2. The number of amides is 2. The Balaban J connectivity index is 1.53. The standard InChI is InChI=1S/C36H49N5O2/c1-7-9-10-13-29(18-30(24(3)4)17-27(8-2)31-19-34(38-21-31)28-14-15-28)36(43)40-33-20-32(22-37-26(33)6)39-35(42)23-41-16-11-12-25(41)5/h10,13,17-18,20-22,25,28H,7-9,11-12,14-16,19,23H2,1-6H3,(H,39,42)(H,40,43)/b13-10+,27-17+,29-18+. The Labute approximate surface area is 258 Å². The van der Waals surface area contributed by atoms with Crippen molar-refractivity contribution in [3.8, 4) is 0 Å². The van der Waals surface area contributed by atoms with Crippen LogP contribution in [0.5, 0.6) is 0 Å². The van der Waals surface area contributed by atoms with Crippen molar-refractivity contribution in [3.05, 3.63) is 76.3 Å². The lowest BCUT2D eigenvalue weighted by Gasteiger charge is -2.20. The number of aliphatic imine (C=N–C) groups is 1. The van der Waals surface area contributed by atoms with Crippen molar-refractivity contribution in [1.29, 1.82) is 0 Å². The van der Waals surface area contributed by atoms with Gasteiger partial charge >= 0.3 is 0 Å². The third-order valence-corrected chi connectivity index (χ3v) is 8.49. The summed E-state index contributed by atoms with van der Waals surface area (Å²) < 4.78 is 0. The van der Waals surface area contributed by atoms with Crippen LogP contribution in [0, 0.1) is 12.8 Å². The second-order valence-electron chi connectivity index (χ2n) is 12.3. The number of hydrogen-bond donors (Lipinski definition) is 2. The van der Waals surface area contributed by atoms with Crippen LogP contribution in [-0.4, -0.2) is 46.5 Å². The monoisotopic (exact) mass is 583 g/mol. The Morgan fingerprint density at radius 2 is 1.91 bits per heavy atom. The van der Waals surface area contributed by atoms with E-state index in [-0.39, 0.29) is 11.8 Å². The number of nitrogens with one attached hydrogen (secondary N) is 2. The quantitative estimate of drug-likeness (QED) is 0.183. The van der Waals surface area contributed by atoms with Gasteiger partial charge in [0.2, 0.25) is 5.91 Å². The van der Waals surface area contributed by atoms with Crippen LogP contribution in [0.25, 0.3) is 0 Å². The summed E-state index contributed by atoms with van der Waals surface area (Å²) in [5.74, 6) is 0.391. The second-order valence-corrected chi connectivity index (χ2v) is 12.3. The summed E-state index contributed by atoms with van der Waals surface area (Å²) in [7, 11) is 0. The molecule has 2 amide bonds. The van der Waals surface area contributed by atoms with Gasteiger partial charge in [-0.3, -0.25) is 24.5 Å². The molecule has 0 aromatic carbocycles. The predicted octanol–water partition coefficient (Wildman–Crippen LogP) is 7.85. The van der Waals surface area contributed by atoms with Crippen LogP contribution in [-0.2, 0) is 9.59 Å². The molecule has 1 saturated carbocycles. The Bertz CT molecular complexity index is 1390. The Morgan fingerprint density at radius 3 is 2.56 bits per heavy atom. The molecular weight excluding hydrogens is 534 g/mol. The van der Waals surface area contributed by atoms with Gasteiger partial charge in [-0.25, -0.2) is 0 Å².